The molecule has 116 valence electrons. The first-order valence-electron chi connectivity index (χ1n) is 7.21. The molecule has 7 nitrogen and oxygen atoms in total. The molecule has 1 aliphatic heterocycles. The largest absolute Gasteiger partial charge is 0.490 e. The molecule has 1 aromatic heterocycles. The summed E-state index contributed by atoms with van der Waals surface area (Å²) in [5.41, 5.74) is 1.88. The minimum Gasteiger partial charge on any atom is -0.490 e. The first-order chi connectivity index (χ1) is 10.8. The molecule has 3 N–H and O–H groups in total. The van der Waals surface area contributed by atoms with Gasteiger partial charge >= 0.3 is 0 Å². The molecule has 0 bridgehead atoms. The summed E-state index contributed by atoms with van der Waals surface area (Å²) in [6.45, 7) is 1.97. The number of benzene rings is 1. The first kappa shape index (κ1) is 14.2. The Bertz CT molecular complexity index is 639. The number of ether oxygens (including phenoxy) is 2. The van der Waals surface area contributed by atoms with E-state index >= 15 is 0 Å². The third kappa shape index (κ3) is 3.49. The lowest BCUT2D eigenvalue weighted by atomic mass is 10.3. The molecule has 2 aromatic rings. The zero-order valence-electron chi connectivity index (χ0n) is 12.4. The van der Waals surface area contributed by atoms with Gasteiger partial charge in [0.15, 0.2) is 17.5 Å². The molecule has 0 fully saturated rings. The van der Waals surface area contributed by atoms with Crippen molar-refractivity contribution in [1.82, 2.24) is 15.5 Å². The quantitative estimate of drug-likeness (QED) is 0.594. The van der Waals surface area contributed by atoms with Crippen molar-refractivity contribution in [2.24, 2.45) is 4.99 Å². The predicted molar refractivity (Wildman–Crippen MR) is 84.5 cm³/mol. The molecule has 22 heavy (non-hydrogen) atoms. The van der Waals surface area contributed by atoms with E-state index in [1.54, 1.807) is 13.2 Å². The van der Waals surface area contributed by atoms with Crippen LogP contribution in [0.3, 0.4) is 0 Å². The van der Waals surface area contributed by atoms with Crippen molar-refractivity contribution in [3.05, 3.63) is 36.2 Å². The Balaban J connectivity index is 1.64. The van der Waals surface area contributed by atoms with Crippen LogP contribution in [0.2, 0.25) is 0 Å². The summed E-state index contributed by atoms with van der Waals surface area (Å²) in [6, 6.07) is 7.68. The highest BCUT2D eigenvalue weighted by atomic mass is 16.5. The van der Waals surface area contributed by atoms with E-state index in [0.29, 0.717) is 25.7 Å². The molecule has 0 amide bonds. The van der Waals surface area contributed by atoms with Gasteiger partial charge in [0.2, 0.25) is 0 Å². The van der Waals surface area contributed by atoms with Crippen molar-refractivity contribution in [3.63, 3.8) is 0 Å². The van der Waals surface area contributed by atoms with Crippen LogP contribution in [0, 0.1) is 0 Å². The molecule has 0 radical (unpaired) electrons. The standard InChI is InChI=1S/C15H19N5O2/c1-16-15(17-10-12-5-6-18-20-12)19-11-3-4-13-14(9-11)22-8-2-7-21-13/h3-6,9H,2,7-8,10H2,1H3,(H,18,20)(H2,16,17,19). The van der Waals surface area contributed by atoms with Gasteiger partial charge in [-0.15, -0.1) is 0 Å². The number of aliphatic imine (C=N–C) groups is 1. The highest BCUT2D eigenvalue weighted by molar-refractivity contribution is 5.93. The Labute approximate surface area is 128 Å². The molecule has 1 aromatic carbocycles. The van der Waals surface area contributed by atoms with E-state index in [9.17, 15) is 0 Å². The minimum absolute atomic E-state index is 0.615. The number of hydrogen-bond donors (Lipinski definition) is 3. The molecular weight excluding hydrogens is 282 g/mol. The van der Waals surface area contributed by atoms with Crippen molar-refractivity contribution < 1.29 is 9.47 Å². The van der Waals surface area contributed by atoms with Crippen molar-refractivity contribution in [3.8, 4) is 11.5 Å². The molecule has 7 heteroatoms. The van der Waals surface area contributed by atoms with Crippen molar-refractivity contribution in [1.29, 1.82) is 0 Å². The number of rotatable bonds is 3. The van der Waals surface area contributed by atoms with E-state index in [1.165, 1.54) is 0 Å². The second kappa shape index (κ2) is 6.84. The number of fused-ring (bicyclic) bond motifs is 1. The monoisotopic (exact) mass is 301 g/mol. The van der Waals surface area contributed by atoms with E-state index in [-0.39, 0.29) is 0 Å². The van der Waals surface area contributed by atoms with Crippen LogP contribution in [0.15, 0.2) is 35.5 Å². The van der Waals surface area contributed by atoms with Crippen LogP contribution in [0.4, 0.5) is 5.69 Å². The fraction of sp³-hybridized carbons (Fsp3) is 0.333. The van der Waals surface area contributed by atoms with Gasteiger partial charge in [0, 0.05) is 31.4 Å². The van der Waals surface area contributed by atoms with Crippen molar-refractivity contribution >= 4 is 11.6 Å². The summed E-state index contributed by atoms with van der Waals surface area (Å²) in [6.07, 6.45) is 2.61. The second-order valence-corrected chi connectivity index (χ2v) is 4.84. The lowest BCUT2D eigenvalue weighted by Gasteiger charge is -2.13. The fourth-order valence-corrected chi connectivity index (χ4v) is 2.12. The molecule has 0 saturated carbocycles. The summed E-state index contributed by atoms with van der Waals surface area (Å²) >= 11 is 0. The van der Waals surface area contributed by atoms with Crippen molar-refractivity contribution in [2.45, 2.75) is 13.0 Å². The number of aromatic nitrogens is 2. The van der Waals surface area contributed by atoms with E-state index in [0.717, 1.165) is 29.3 Å². The lowest BCUT2D eigenvalue weighted by molar-refractivity contribution is 0.297. The van der Waals surface area contributed by atoms with Gasteiger partial charge in [-0.05, 0) is 18.2 Å². The van der Waals surface area contributed by atoms with E-state index in [4.69, 9.17) is 9.47 Å². The van der Waals surface area contributed by atoms with Crippen molar-refractivity contribution in [2.75, 3.05) is 25.6 Å². The Morgan fingerprint density at radius 1 is 1.27 bits per heavy atom. The van der Waals surface area contributed by atoms with E-state index in [2.05, 4.69) is 25.8 Å². The Kier molecular flexibility index (Phi) is 4.43. The molecular formula is C15H19N5O2. The molecule has 2 heterocycles. The molecule has 0 atom stereocenters. The van der Waals surface area contributed by atoms with E-state index < -0.39 is 0 Å². The Morgan fingerprint density at radius 2 is 2.14 bits per heavy atom. The summed E-state index contributed by atoms with van der Waals surface area (Å²) in [4.78, 5) is 4.20. The highest BCUT2D eigenvalue weighted by Crippen LogP contribution is 2.32. The van der Waals surface area contributed by atoms with Crippen LogP contribution < -0.4 is 20.1 Å². The molecule has 3 rings (SSSR count). The molecule has 0 aliphatic carbocycles. The SMILES string of the molecule is CN=C(NCc1ccn[nH]1)Nc1ccc2c(c1)OCCCO2. The maximum absolute atomic E-state index is 5.68. The number of aromatic amines is 1. The molecule has 1 aliphatic rings. The molecule has 0 saturated heterocycles. The zero-order valence-corrected chi connectivity index (χ0v) is 12.4. The van der Waals surface area contributed by atoms with E-state index in [1.807, 2.05) is 24.3 Å². The summed E-state index contributed by atoms with van der Waals surface area (Å²) in [5, 5.41) is 13.2. The predicted octanol–water partition coefficient (Wildman–Crippen LogP) is 1.76. The van der Waals surface area contributed by atoms with Crippen LogP contribution in [0.5, 0.6) is 11.5 Å². The topological polar surface area (TPSA) is 83.6 Å². The van der Waals surface area contributed by atoms with Gasteiger partial charge in [-0.1, -0.05) is 0 Å². The smallest absolute Gasteiger partial charge is 0.195 e. The number of hydrogen-bond acceptors (Lipinski definition) is 4. The average Bonchev–Trinajstić information content (AvgIpc) is 2.95. The third-order valence-electron chi connectivity index (χ3n) is 3.24. The number of nitrogens with zero attached hydrogens (tertiary/aromatic N) is 2. The Hall–Kier alpha value is -2.70. The van der Waals surface area contributed by atoms with Gasteiger partial charge in [-0.3, -0.25) is 10.1 Å². The lowest BCUT2D eigenvalue weighted by Crippen LogP contribution is -2.30. The van der Waals surface area contributed by atoms with Crippen LogP contribution in [-0.2, 0) is 6.54 Å². The van der Waals surface area contributed by atoms with Gasteiger partial charge in [-0.2, -0.15) is 5.10 Å². The third-order valence-corrected chi connectivity index (χ3v) is 3.24. The minimum atomic E-state index is 0.615. The van der Waals surface area contributed by atoms with Crippen LogP contribution >= 0.6 is 0 Å². The normalized spacial score (nSPS) is 14.3. The number of guanidine groups is 1. The fourth-order valence-electron chi connectivity index (χ4n) is 2.12. The molecule has 0 spiro atoms. The second-order valence-electron chi connectivity index (χ2n) is 4.84. The van der Waals surface area contributed by atoms with Gasteiger partial charge in [0.05, 0.1) is 25.5 Å². The van der Waals surface area contributed by atoms with Crippen LogP contribution in [0.1, 0.15) is 12.1 Å². The summed E-state index contributed by atoms with van der Waals surface area (Å²) in [5.74, 6) is 2.21. The summed E-state index contributed by atoms with van der Waals surface area (Å²) < 4.78 is 11.3. The maximum atomic E-state index is 5.68. The van der Waals surface area contributed by atoms with Gasteiger partial charge in [0.25, 0.3) is 0 Å². The van der Waals surface area contributed by atoms with Gasteiger partial charge in [0.1, 0.15) is 0 Å². The molecule has 0 unspecified atom stereocenters. The van der Waals surface area contributed by atoms with Gasteiger partial charge in [-0.25, -0.2) is 0 Å². The number of H-pyrrole nitrogens is 1. The zero-order chi connectivity index (χ0) is 15.2. The first-order valence-corrected chi connectivity index (χ1v) is 7.21. The Morgan fingerprint density at radius 3 is 2.91 bits per heavy atom. The van der Waals surface area contributed by atoms with Gasteiger partial charge < -0.3 is 20.1 Å². The maximum Gasteiger partial charge on any atom is 0.195 e. The van der Waals surface area contributed by atoms with Crippen LogP contribution in [-0.4, -0.2) is 36.4 Å². The number of anilines is 1. The average molecular weight is 301 g/mol. The highest BCUT2D eigenvalue weighted by Gasteiger charge is 2.11. The number of nitrogens with one attached hydrogen (secondary N) is 3. The summed E-state index contributed by atoms with van der Waals surface area (Å²) in [7, 11) is 1.73. The van der Waals surface area contributed by atoms with Crippen LogP contribution in [0.25, 0.3) is 0 Å².